The van der Waals surface area contributed by atoms with Gasteiger partial charge in [0.25, 0.3) is 0 Å². The Kier molecular flexibility index (Phi) is 13.9. The monoisotopic (exact) mass is 565 g/mol. The van der Waals surface area contributed by atoms with Gasteiger partial charge in [-0.05, 0) is 76.4 Å². The van der Waals surface area contributed by atoms with Crippen molar-refractivity contribution < 1.29 is 9.53 Å². The molecule has 1 aliphatic rings. The second-order valence-electron chi connectivity index (χ2n) is 7.62. The van der Waals surface area contributed by atoms with E-state index in [1.165, 1.54) is 0 Å². The van der Waals surface area contributed by atoms with Gasteiger partial charge in [-0.3, -0.25) is 9.79 Å². The number of rotatable bonds is 11. The maximum atomic E-state index is 11.2. The Morgan fingerprint density at radius 1 is 1.29 bits per heavy atom. The minimum Gasteiger partial charge on any atom is -0.497 e. The number of nitrogens with zero attached hydrogens (tertiary/aromatic N) is 2. The molecule has 9 heteroatoms. The normalized spacial score (nSPS) is 15.3. The highest BCUT2D eigenvalue weighted by molar-refractivity contribution is 14.0. The smallest absolute Gasteiger partial charge is 0.220 e. The molecule has 7 nitrogen and oxygen atoms in total. The zero-order valence-electron chi connectivity index (χ0n) is 18.7. The molecule has 0 radical (unpaired) electrons. The second kappa shape index (κ2) is 15.5. The summed E-state index contributed by atoms with van der Waals surface area (Å²) < 4.78 is 5.19. The van der Waals surface area contributed by atoms with Gasteiger partial charge in [0.05, 0.1) is 7.11 Å². The van der Waals surface area contributed by atoms with Crippen LogP contribution >= 0.6 is 35.6 Å². The van der Waals surface area contributed by atoms with Crippen molar-refractivity contribution in [1.29, 1.82) is 0 Å². The van der Waals surface area contributed by atoms with Crippen LogP contribution in [0.3, 0.4) is 0 Å². The molecule has 1 aromatic carbocycles. The molecule has 1 heterocycles. The van der Waals surface area contributed by atoms with E-state index in [-0.39, 0.29) is 35.8 Å². The van der Waals surface area contributed by atoms with Crippen LogP contribution in [0.15, 0.2) is 23.2 Å². The van der Waals surface area contributed by atoms with Gasteiger partial charge in [-0.15, -0.1) is 24.0 Å². The maximum Gasteiger partial charge on any atom is 0.220 e. The SMILES string of the molecule is CCNC(=NCCCCN1CCC(C(N)=O)CC1)NCCc1ccc(OC)cc1Cl.I. The molecule has 1 amide bonds. The number of carbonyl (C=O) groups is 1. The zero-order chi connectivity index (χ0) is 21.8. The summed E-state index contributed by atoms with van der Waals surface area (Å²) in [6.07, 6.45) is 4.73. The third kappa shape index (κ3) is 10.3. The van der Waals surface area contributed by atoms with Gasteiger partial charge in [0.15, 0.2) is 5.96 Å². The number of carbonyl (C=O) groups excluding carboxylic acids is 1. The number of nitrogens with two attached hydrogens (primary N) is 1. The van der Waals surface area contributed by atoms with Crippen molar-refractivity contribution in [2.75, 3.05) is 46.4 Å². The summed E-state index contributed by atoms with van der Waals surface area (Å²) in [6, 6.07) is 5.77. The van der Waals surface area contributed by atoms with Crippen molar-refractivity contribution in [3.05, 3.63) is 28.8 Å². The lowest BCUT2D eigenvalue weighted by atomic mass is 9.96. The van der Waals surface area contributed by atoms with Crippen molar-refractivity contribution in [3.63, 3.8) is 0 Å². The summed E-state index contributed by atoms with van der Waals surface area (Å²) in [6.45, 7) is 7.42. The Bertz CT molecular complexity index is 696. The number of amides is 1. The highest BCUT2D eigenvalue weighted by Crippen LogP contribution is 2.22. The van der Waals surface area contributed by atoms with Gasteiger partial charge < -0.3 is 26.0 Å². The summed E-state index contributed by atoms with van der Waals surface area (Å²) in [7, 11) is 1.64. The summed E-state index contributed by atoms with van der Waals surface area (Å²) >= 11 is 6.31. The molecule has 1 aliphatic heterocycles. The first-order valence-corrected chi connectivity index (χ1v) is 11.3. The van der Waals surface area contributed by atoms with Gasteiger partial charge in [0.1, 0.15) is 5.75 Å². The number of primary amides is 1. The first kappa shape index (κ1) is 27.8. The minimum absolute atomic E-state index is 0. The molecule has 176 valence electrons. The number of likely N-dealkylation sites (tertiary alicyclic amines) is 1. The Morgan fingerprint density at radius 2 is 2.03 bits per heavy atom. The molecule has 0 spiro atoms. The van der Waals surface area contributed by atoms with E-state index in [4.69, 9.17) is 22.1 Å². The van der Waals surface area contributed by atoms with Gasteiger partial charge >= 0.3 is 0 Å². The van der Waals surface area contributed by atoms with Crippen LogP contribution in [0.25, 0.3) is 0 Å². The molecule has 0 aliphatic carbocycles. The van der Waals surface area contributed by atoms with Crippen LogP contribution in [-0.4, -0.2) is 63.1 Å². The molecule has 0 unspecified atom stereocenters. The maximum absolute atomic E-state index is 11.2. The predicted octanol–water partition coefficient (Wildman–Crippen LogP) is 3.04. The Balaban J connectivity index is 0.00000480. The van der Waals surface area contributed by atoms with Crippen LogP contribution in [0.5, 0.6) is 5.75 Å². The van der Waals surface area contributed by atoms with E-state index in [1.807, 2.05) is 18.2 Å². The highest BCUT2D eigenvalue weighted by atomic mass is 127. The lowest BCUT2D eigenvalue weighted by Crippen LogP contribution is -2.39. The third-order valence-electron chi connectivity index (χ3n) is 5.43. The number of nitrogens with one attached hydrogen (secondary N) is 2. The van der Waals surface area contributed by atoms with E-state index in [1.54, 1.807) is 7.11 Å². The minimum atomic E-state index is -0.151. The Hall–Kier alpha value is -1.26. The van der Waals surface area contributed by atoms with Gasteiger partial charge in [0, 0.05) is 30.6 Å². The summed E-state index contributed by atoms with van der Waals surface area (Å²) in [4.78, 5) is 18.3. The number of benzene rings is 1. The number of unbranched alkanes of at least 4 members (excludes halogenated alkanes) is 1. The number of halogens is 2. The van der Waals surface area contributed by atoms with E-state index >= 15 is 0 Å². The van der Waals surface area contributed by atoms with Crippen molar-refractivity contribution in [2.45, 2.75) is 39.0 Å². The van der Waals surface area contributed by atoms with Crippen LogP contribution in [0.2, 0.25) is 5.02 Å². The number of guanidine groups is 1. The molecule has 31 heavy (non-hydrogen) atoms. The van der Waals surface area contributed by atoms with Gasteiger partial charge in [-0.25, -0.2) is 0 Å². The van der Waals surface area contributed by atoms with E-state index in [0.29, 0.717) is 0 Å². The lowest BCUT2D eigenvalue weighted by Gasteiger charge is -2.30. The number of hydrogen-bond donors (Lipinski definition) is 3. The van der Waals surface area contributed by atoms with Crippen LogP contribution in [0, 0.1) is 5.92 Å². The topological polar surface area (TPSA) is 92.0 Å². The molecule has 1 saturated heterocycles. The van der Waals surface area contributed by atoms with E-state index < -0.39 is 0 Å². The van der Waals surface area contributed by atoms with Crippen molar-refractivity contribution in [3.8, 4) is 5.75 Å². The average molecular weight is 566 g/mol. The molecule has 1 fully saturated rings. The first-order chi connectivity index (χ1) is 14.5. The van der Waals surface area contributed by atoms with E-state index in [0.717, 1.165) is 93.7 Å². The Morgan fingerprint density at radius 3 is 2.65 bits per heavy atom. The van der Waals surface area contributed by atoms with Crippen LogP contribution in [0.4, 0.5) is 0 Å². The lowest BCUT2D eigenvalue weighted by molar-refractivity contribution is -0.123. The molecule has 1 aromatic rings. The van der Waals surface area contributed by atoms with Crippen LogP contribution in [0.1, 0.15) is 38.2 Å². The quantitative estimate of drug-likeness (QED) is 0.166. The van der Waals surface area contributed by atoms with Gasteiger partial charge in [-0.2, -0.15) is 0 Å². The average Bonchev–Trinajstić information content (AvgIpc) is 2.74. The first-order valence-electron chi connectivity index (χ1n) is 10.9. The summed E-state index contributed by atoms with van der Waals surface area (Å²) in [5.74, 6) is 1.52. The van der Waals surface area contributed by atoms with Gasteiger partial charge in [0.2, 0.25) is 5.91 Å². The fourth-order valence-corrected chi connectivity index (χ4v) is 3.86. The highest BCUT2D eigenvalue weighted by Gasteiger charge is 2.22. The number of hydrogen-bond acceptors (Lipinski definition) is 4. The number of piperidine rings is 1. The van der Waals surface area contributed by atoms with Crippen LogP contribution in [-0.2, 0) is 11.2 Å². The van der Waals surface area contributed by atoms with Gasteiger partial charge in [-0.1, -0.05) is 17.7 Å². The molecular weight excluding hydrogens is 529 g/mol. The summed E-state index contributed by atoms with van der Waals surface area (Å²) in [5, 5.41) is 7.39. The van der Waals surface area contributed by atoms with Crippen molar-refractivity contribution >= 4 is 47.4 Å². The third-order valence-corrected chi connectivity index (χ3v) is 5.79. The summed E-state index contributed by atoms with van der Waals surface area (Å²) in [5.41, 5.74) is 6.48. The predicted molar refractivity (Wildman–Crippen MR) is 139 cm³/mol. The standard InChI is InChI=1S/C22H36ClN5O2.HI/c1-3-25-22(27-12-8-17-6-7-19(30-2)16-20(17)23)26-11-4-5-13-28-14-9-18(10-15-28)21(24)29;/h6-7,16,18H,3-5,8-15H2,1-2H3,(H2,24,29)(H2,25,26,27);1H. The molecular formula is C22H37ClIN5O2. The number of aliphatic imine (C=N–C) groups is 1. The fraction of sp³-hybridized carbons (Fsp3) is 0.636. The van der Waals surface area contributed by atoms with E-state index in [2.05, 4.69) is 27.4 Å². The molecule has 2 rings (SSSR count). The number of ether oxygens (including phenoxy) is 1. The number of methoxy groups -OCH3 is 1. The molecule has 0 saturated carbocycles. The molecule has 4 N–H and O–H groups in total. The molecule has 0 aromatic heterocycles. The second-order valence-corrected chi connectivity index (χ2v) is 8.03. The van der Waals surface area contributed by atoms with Crippen LogP contribution < -0.4 is 21.1 Å². The molecule has 0 bridgehead atoms. The Labute approximate surface area is 208 Å². The largest absolute Gasteiger partial charge is 0.497 e. The molecule has 0 atom stereocenters. The zero-order valence-corrected chi connectivity index (χ0v) is 21.7. The van der Waals surface area contributed by atoms with Crippen molar-refractivity contribution in [2.24, 2.45) is 16.6 Å². The van der Waals surface area contributed by atoms with E-state index in [9.17, 15) is 4.79 Å². The fourth-order valence-electron chi connectivity index (χ4n) is 3.59. The van der Waals surface area contributed by atoms with Crippen molar-refractivity contribution in [1.82, 2.24) is 15.5 Å².